The van der Waals surface area contributed by atoms with Gasteiger partial charge in [0, 0.05) is 17.9 Å². The monoisotopic (exact) mass is 261 g/mol. The Morgan fingerprint density at radius 2 is 2.41 bits per heavy atom. The topological polar surface area (TPSA) is 104 Å². The van der Waals surface area contributed by atoms with E-state index in [4.69, 9.17) is 10.8 Å². The lowest BCUT2D eigenvalue weighted by atomic mass is 10.1. The zero-order chi connectivity index (χ0) is 12.9. The van der Waals surface area contributed by atoms with Gasteiger partial charge in [0.1, 0.15) is 5.66 Å². The Morgan fingerprint density at radius 1 is 1.71 bits per heavy atom. The molecule has 0 bridgehead atoms. The van der Waals surface area contributed by atoms with Gasteiger partial charge in [0.25, 0.3) is 0 Å². The lowest BCUT2D eigenvalue weighted by Crippen LogP contribution is -2.56. The molecule has 0 aromatic rings. The second-order valence-electron chi connectivity index (χ2n) is 4.20. The molecular formula is C10H19N3O3S. The molecule has 2 aliphatic heterocycles. The molecule has 17 heavy (non-hydrogen) atoms. The Kier molecular flexibility index (Phi) is 5.07. The number of carboxylic acid groups (broad SMARTS) is 1. The Bertz CT molecular complexity index is 301. The van der Waals surface area contributed by atoms with E-state index >= 15 is 0 Å². The number of aliphatic carboxylic acids is 1. The first kappa shape index (κ1) is 14.1. The number of carbonyl (C=O) groups is 2. The minimum absolute atomic E-state index is 0.130. The third kappa shape index (κ3) is 4.08. The first-order valence-corrected chi connectivity index (χ1v) is 6.80. The summed E-state index contributed by atoms with van der Waals surface area (Å²) >= 11 is 1.76. The van der Waals surface area contributed by atoms with Gasteiger partial charge in [-0.25, -0.2) is 4.79 Å². The smallest absolute Gasteiger partial charge is 0.316 e. The Morgan fingerprint density at radius 3 is 2.88 bits per heavy atom. The number of rotatable bonds is 3. The number of carboxylic acids is 1. The number of carbonyl (C=O) groups excluding carboxylic acids is 1. The maximum atomic E-state index is 10.8. The SMILES string of the molecule is CCCCC(=O)O.NC12CSCC1NC(=O)N2. The summed E-state index contributed by atoms with van der Waals surface area (Å²) in [7, 11) is 0. The summed E-state index contributed by atoms with van der Waals surface area (Å²) in [6, 6.07) is -0.00204. The number of urea groups is 1. The maximum Gasteiger partial charge on any atom is 0.316 e. The molecule has 6 nitrogen and oxygen atoms in total. The van der Waals surface area contributed by atoms with Gasteiger partial charge in [-0.1, -0.05) is 13.3 Å². The van der Waals surface area contributed by atoms with Gasteiger partial charge >= 0.3 is 12.0 Å². The molecule has 2 amide bonds. The first-order chi connectivity index (χ1) is 7.98. The molecule has 0 radical (unpaired) electrons. The minimum atomic E-state index is -0.693. The number of hydrogen-bond donors (Lipinski definition) is 4. The summed E-state index contributed by atoms with van der Waals surface area (Å²) in [5.74, 6) is 1.05. The van der Waals surface area contributed by atoms with E-state index in [1.807, 2.05) is 6.92 Å². The van der Waals surface area contributed by atoms with Crippen LogP contribution in [-0.2, 0) is 4.79 Å². The number of hydrogen-bond acceptors (Lipinski definition) is 4. The third-order valence-corrected chi connectivity index (χ3v) is 3.89. The van der Waals surface area contributed by atoms with Gasteiger partial charge in [-0.05, 0) is 6.42 Å². The second kappa shape index (κ2) is 6.11. The first-order valence-electron chi connectivity index (χ1n) is 5.65. The fraction of sp³-hybridized carbons (Fsp3) is 0.800. The molecule has 0 aliphatic carbocycles. The van der Waals surface area contributed by atoms with Gasteiger partial charge in [-0.2, -0.15) is 11.8 Å². The van der Waals surface area contributed by atoms with E-state index in [0.717, 1.165) is 24.3 Å². The average molecular weight is 261 g/mol. The van der Waals surface area contributed by atoms with E-state index in [-0.39, 0.29) is 12.1 Å². The summed E-state index contributed by atoms with van der Waals surface area (Å²) in [5, 5.41) is 13.5. The lowest BCUT2D eigenvalue weighted by molar-refractivity contribution is -0.137. The highest BCUT2D eigenvalue weighted by atomic mass is 32.2. The van der Waals surface area contributed by atoms with Crippen LogP contribution in [0.1, 0.15) is 26.2 Å². The molecule has 2 heterocycles. The summed E-state index contributed by atoms with van der Waals surface area (Å²) in [4.78, 5) is 20.5. The van der Waals surface area contributed by atoms with Crippen molar-refractivity contribution in [1.82, 2.24) is 10.6 Å². The Labute approximate surface area is 105 Å². The van der Waals surface area contributed by atoms with Gasteiger partial charge < -0.3 is 21.5 Å². The number of fused-ring (bicyclic) bond motifs is 1. The zero-order valence-electron chi connectivity index (χ0n) is 9.86. The van der Waals surface area contributed by atoms with Crippen molar-refractivity contribution in [3.63, 3.8) is 0 Å². The van der Waals surface area contributed by atoms with Crippen LogP contribution >= 0.6 is 11.8 Å². The van der Waals surface area contributed by atoms with Crippen molar-refractivity contribution in [3.05, 3.63) is 0 Å². The van der Waals surface area contributed by atoms with Gasteiger partial charge in [-0.3, -0.25) is 4.79 Å². The van der Waals surface area contributed by atoms with E-state index in [0.29, 0.717) is 6.42 Å². The van der Waals surface area contributed by atoms with Crippen LogP contribution in [0.25, 0.3) is 0 Å². The van der Waals surface area contributed by atoms with Crippen molar-refractivity contribution in [3.8, 4) is 0 Å². The van der Waals surface area contributed by atoms with Crippen molar-refractivity contribution in [2.75, 3.05) is 11.5 Å². The van der Waals surface area contributed by atoms with Crippen LogP contribution in [0.4, 0.5) is 4.79 Å². The molecule has 0 aromatic heterocycles. The summed E-state index contributed by atoms with van der Waals surface area (Å²) in [6.45, 7) is 1.98. The molecule has 2 aliphatic rings. The summed E-state index contributed by atoms with van der Waals surface area (Å²) in [6.07, 6.45) is 2.08. The van der Waals surface area contributed by atoms with E-state index in [9.17, 15) is 9.59 Å². The highest BCUT2D eigenvalue weighted by molar-refractivity contribution is 7.99. The quantitative estimate of drug-likeness (QED) is 0.548. The highest BCUT2D eigenvalue weighted by Gasteiger charge is 2.47. The minimum Gasteiger partial charge on any atom is -0.481 e. The van der Waals surface area contributed by atoms with Crippen LogP contribution in [0.15, 0.2) is 0 Å². The molecular weight excluding hydrogens is 242 g/mol. The third-order valence-electron chi connectivity index (χ3n) is 2.64. The second-order valence-corrected chi connectivity index (χ2v) is 5.23. The number of amides is 2. The van der Waals surface area contributed by atoms with Gasteiger partial charge in [0.05, 0.1) is 6.04 Å². The van der Waals surface area contributed by atoms with Gasteiger partial charge in [-0.15, -0.1) is 0 Å². The van der Waals surface area contributed by atoms with Crippen molar-refractivity contribution in [2.45, 2.75) is 37.9 Å². The lowest BCUT2D eigenvalue weighted by Gasteiger charge is -2.20. The summed E-state index contributed by atoms with van der Waals surface area (Å²) < 4.78 is 0. The predicted molar refractivity (Wildman–Crippen MR) is 66.9 cm³/mol. The maximum absolute atomic E-state index is 10.8. The Balaban J connectivity index is 0.000000185. The van der Waals surface area contributed by atoms with Crippen LogP contribution in [0.5, 0.6) is 0 Å². The van der Waals surface area contributed by atoms with Crippen molar-refractivity contribution >= 4 is 23.8 Å². The molecule has 2 rings (SSSR count). The van der Waals surface area contributed by atoms with E-state index in [1.54, 1.807) is 11.8 Å². The number of thioether (sulfide) groups is 1. The number of unbranched alkanes of at least 4 members (excludes halogenated alkanes) is 1. The fourth-order valence-corrected chi connectivity index (χ4v) is 2.97. The molecule has 5 N–H and O–H groups in total. The molecule has 7 heteroatoms. The van der Waals surface area contributed by atoms with Crippen molar-refractivity contribution in [1.29, 1.82) is 0 Å². The van der Waals surface area contributed by atoms with Crippen LogP contribution in [-0.4, -0.2) is 40.3 Å². The van der Waals surface area contributed by atoms with Crippen LogP contribution in [0.3, 0.4) is 0 Å². The van der Waals surface area contributed by atoms with Gasteiger partial charge in [0.15, 0.2) is 0 Å². The van der Waals surface area contributed by atoms with Crippen LogP contribution in [0.2, 0.25) is 0 Å². The van der Waals surface area contributed by atoms with Crippen molar-refractivity contribution < 1.29 is 14.7 Å². The predicted octanol–water partition coefficient (Wildman–Crippen LogP) is 0.331. The van der Waals surface area contributed by atoms with E-state index in [2.05, 4.69) is 10.6 Å². The molecule has 2 fully saturated rings. The molecule has 98 valence electrons. The van der Waals surface area contributed by atoms with Crippen LogP contribution < -0.4 is 16.4 Å². The summed E-state index contributed by atoms with van der Waals surface area (Å²) in [5.41, 5.74) is 5.37. The van der Waals surface area contributed by atoms with Gasteiger partial charge in [0.2, 0.25) is 0 Å². The largest absolute Gasteiger partial charge is 0.481 e. The number of nitrogens with one attached hydrogen (secondary N) is 2. The number of nitrogens with two attached hydrogens (primary N) is 1. The molecule has 0 saturated carbocycles. The molecule has 0 spiro atoms. The van der Waals surface area contributed by atoms with Crippen LogP contribution in [0, 0.1) is 0 Å². The Hall–Kier alpha value is -0.950. The van der Waals surface area contributed by atoms with E-state index in [1.165, 1.54) is 0 Å². The van der Waals surface area contributed by atoms with E-state index < -0.39 is 11.6 Å². The van der Waals surface area contributed by atoms with Crippen molar-refractivity contribution in [2.24, 2.45) is 5.73 Å². The fourth-order valence-electron chi connectivity index (χ4n) is 1.62. The molecule has 2 unspecified atom stereocenters. The highest BCUT2D eigenvalue weighted by Crippen LogP contribution is 2.26. The zero-order valence-corrected chi connectivity index (χ0v) is 10.7. The molecule has 0 aromatic carbocycles. The standard InChI is InChI=1S/C5H9N3OS.C5H10O2/c6-5-2-10-1-3(5)7-4(9)8-5;1-2-3-4-5(6)7/h3H,1-2,6H2,(H2,7,8,9);2-4H2,1H3,(H,6,7). The molecule has 2 saturated heterocycles. The normalized spacial score (nSPS) is 29.8. The molecule has 2 atom stereocenters. The average Bonchev–Trinajstić information content (AvgIpc) is 2.69.